The van der Waals surface area contributed by atoms with Gasteiger partial charge in [-0.15, -0.1) is 9.24 Å². The third-order valence-corrected chi connectivity index (χ3v) is 1.04. The van der Waals surface area contributed by atoms with Gasteiger partial charge in [0.25, 0.3) is 0 Å². The molecule has 1 unspecified atom stereocenters. The maximum absolute atomic E-state index is 8.39. The Morgan fingerprint density at radius 3 is 2.00 bits per heavy atom. The summed E-state index contributed by atoms with van der Waals surface area (Å²) >= 11 is 0. The highest BCUT2D eigenvalue weighted by atomic mass is 31.0. The van der Waals surface area contributed by atoms with E-state index >= 15 is 0 Å². The molecule has 1 atom stereocenters. The predicted octanol–water partition coefficient (Wildman–Crippen LogP) is 1.02. The Balaban J connectivity index is 3.15. The molecule has 0 saturated heterocycles. The van der Waals surface area contributed by atoms with E-state index in [0.29, 0.717) is 0 Å². The lowest BCUT2D eigenvalue weighted by Gasteiger charge is -2.14. The topological polar surface area (TPSA) is 20.2 Å². The molecule has 0 aromatic carbocycles. The molecule has 0 radical (unpaired) electrons. The van der Waals surface area contributed by atoms with Crippen LogP contribution in [0, 0.1) is 0 Å². The molecule has 0 aliphatic carbocycles. The number of aliphatic hydroxyl groups is 1. The fourth-order valence-corrected chi connectivity index (χ4v) is 0.417. The maximum Gasteiger partial charge on any atom is 0.0439 e. The Bertz CT molecular complexity index is 46.5. The van der Waals surface area contributed by atoms with Crippen molar-refractivity contribution in [3.8, 4) is 0 Å². The van der Waals surface area contributed by atoms with Gasteiger partial charge in [0.15, 0.2) is 0 Å². The average molecular weight is 120 g/mol. The van der Waals surface area contributed by atoms with Crippen LogP contribution in [0.15, 0.2) is 0 Å². The van der Waals surface area contributed by atoms with E-state index in [4.69, 9.17) is 5.11 Å². The van der Waals surface area contributed by atoms with Gasteiger partial charge in [0.2, 0.25) is 0 Å². The fourth-order valence-electron chi connectivity index (χ4n) is 0.288. The van der Waals surface area contributed by atoms with E-state index in [-0.39, 0.29) is 11.8 Å². The van der Waals surface area contributed by atoms with Gasteiger partial charge in [-0.2, -0.15) is 0 Å². The second kappa shape index (κ2) is 2.64. The largest absolute Gasteiger partial charge is 0.396 e. The fraction of sp³-hybridized carbons (Fsp3) is 1.00. The molecule has 7 heavy (non-hydrogen) atoms. The average Bonchev–Trinajstić information content (AvgIpc) is 1.30. The van der Waals surface area contributed by atoms with Gasteiger partial charge in [0, 0.05) is 6.61 Å². The van der Waals surface area contributed by atoms with Gasteiger partial charge in [-0.05, 0) is 11.6 Å². The van der Waals surface area contributed by atoms with Crippen molar-refractivity contribution in [2.24, 2.45) is 0 Å². The Labute approximate surface area is 47.3 Å². The Morgan fingerprint density at radius 1 is 1.57 bits per heavy atom. The normalized spacial score (nSPS) is 12.0. The second-order valence-electron chi connectivity index (χ2n) is 2.46. The quantitative estimate of drug-likeness (QED) is 0.539. The number of rotatable bonds is 2. The first-order chi connectivity index (χ1) is 3.06. The van der Waals surface area contributed by atoms with Crippen LogP contribution >= 0.6 is 9.24 Å². The molecule has 0 aromatic rings. The molecular weight excluding hydrogens is 107 g/mol. The second-order valence-corrected chi connectivity index (χ2v) is 4.03. The van der Waals surface area contributed by atoms with Crippen LogP contribution in [0.5, 0.6) is 0 Å². The van der Waals surface area contributed by atoms with Gasteiger partial charge >= 0.3 is 0 Å². The van der Waals surface area contributed by atoms with E-state index in [1.54, 1.807) is 0 Å². The standard InChI is InChI=1S/C5H13OP/c1-5(2,7)3-4-6/h6H,3-4,7H2,1-2H3. The van der Waals surface area contributed by atoms with Crippen molar-refractivity contribution in [2.45, 2.75) is 25.4 Å². The molecular formula is C5H13OP. The first-order valence-electron chi connectivity index (χ1n) is 2.46. The van der Waals surface area contributed by atoms with Crippen molar-refractivity contribution in [1.82, 2.24) is 0 Å². The third kappa shape index (κ3) is 6.39. The molecule has 0 aromatic heterocycles. The van der Waals surface area contributed by atoms with Crippen LogP contribution in [-0.4, -0.2) is 16.9 Å². The van der Waals surface area contributed by atoms with Crippen molar-refractivity contribution in [2.75, 3.05) is 6.61 Å². The minimum absolute atomic E-state index is 0.217. The Hall–Kier alpha value is 0.390. The van der Waals surface area contributed by atoms with Gasteiger partial charge in [-0.1, -0.05) is 13.8 Å². The zero-order valence-electron chi connectivity index (χ0n) is 4.94. The highest BCUT2D eigenvalue weighted by molar-refractivity contribution is 7.18. The first kappa shape index (κ1) is 7.39. The van der Waals surface area contributed by atoms with Crippen molar-refractivity contribution in [3.05, 3.63) is 0 Å². The monoisotopic (exact) mass is 120 g/mol. The molecule has 0 fully saturated rings. The van der Waals surface area contributed by atoms with Crippen LogP contribution < -0.4 is 0 Å². The lowest BCUT2D eigenvalue weighted by Crippen LogP contribution is -2.10. The molecule has 44 valence electrons. The highest BCUT2D eigenvalue weighted by Gasteiger charge is 2.07. The molecule has 0 spiro atoms. The van der Waals surface area contributed by atoms with Crippen LogP contribution in [0.2, 0.25) is 0 Å². The molecule has 0 bridgehead atoms. The van der Waals surface area contributed by atoms with Gasteiger partial charge in [0.1, 0.15) is 0 Å². The van der Waals surface area contributed by atoms with Crippen LogP contribution in [-0.2, 0) is 0 Å². The van der Waals surface area contributed by atoms with Gasteiger partial charge < -0.3 is 5.11 Å². The van der Waals surface area contributed by atoms with Crippen molar-refractivity contribution < 1.29 is 5.11 Å². The molecule has 0 aliphatic rings. The minimum Gasteiger partial charge on any atom is -0.396 e. The molecule has 0 aliphatic heterocycles. The van der Waals surface area contributed by atoms with E-state index in [0.717, 1.165) is 6.42 Å². The molecule has 0 rings (SSSR count). The molecule has 0 amide bonds. The minimum atomic E-state index is 0.217. The van der Waals surface area contributed by atoms with E-state index in [2.05, 4.69) is 23.1 Å². The van der Waals surface area contributed by atoms with Gasteiger partial charge in [0.05, 0.1) is 0 Å². The molecule has 0 saturated carbocycles. The summed E-state index contributed by atoms with van der Waals surface area (Å²) in [5.41, 5.74) is 0. The molecule has 1 nitrogen and oxygen atoms in total. The summed E-state index contributed by atoms with van der Waals surface area (Å²) in [6.07, 6.45) is 0.859. The summed E-state index contributed by atoms with van der Waals surface area (Å²) in [5.74, 6) is 0. The predicted molar refractivity (Wildman–Crippen MR) is 35.5 cm³/mol. The van der Waals surface area contributed by atoms with E-state index < -0.39 is 0 Å². The van der Waals surface area contributed by atoms with Crippen molar-refractivity contribution >= 4 is 9.24 Å². The smallest absolute Gasteiger partial charge is 0.0439 e. The zero-order valence-corrected chi connectivity index (χ0v) is 6.09. The lowest BCUT2D eigenvalue weighted by molar-refractivity contribution is 0.275. The SMILES string of the molecule is CC(C)(P)CCO. The summed E-state index contributed by atoms with van der Waals surface area (Å²) in [4.78, 5) is 0. The highest BCUT2D eigenvalue weighted by Crippen LogP contribution is 2.19. The van der Waals surface area contributed by atoms with E-state index in [1.807, 2.05) is 0 Å². The lowest BCUT2D eigenvalue weighted by atomic mass is 10.1. The number of hydrogen-bond acceptors (Lipinski definition) is 1. The first-order valence-corrected chi connectivity index (χ1v) is 3.04. The van der Waals surface area contributed by atoms with Crippen LogP contribution in [0.4, 0.5) is 0 Å². The van der Waals surface area contributed by atoms with Crippen LogP contribution in [0.25, 0.3) is 0 Å². The van der Waals surface area contributed by atoms with Crippen molar-refractivity contribution in [1.29, 1.82) is 0 Å². The number of hydrogen-bond donors (Lipinski definition) is 1. The van der Waals surface area contributed by atoms with Gasteiger partial charge in [-0.25, -0.2) is 0 Å². The molecule has 1 N–H and O–H groups in total. The van der Waals surface area contributed by atoms with Crippen LogP contribution in [0.3, 0.4) is 0 Å². The summed E-state index contributed by atoms with van der Waals surface area (Å²) < 4.78 is 0. The number of aliphatic hydroxyl groups excluding tert-OH is 1. The summed E-state index contributed by atoms with van der Waals surface area (Å²) in [6.45, 7) is 4.44. The summed E-state index contributed by atoms with van der Waals surface area (Å²) in [7, 11) is 2.68. The van der Waals surface area contributed by atoms with E-state index in [1.165, 1.54) is 0 Å². The van der Waals surface area contributed by atoms with Gasteiger partial charge in [-0.3, -0.25) is 0 Å². The zero-order chi connectivity index (χ0) is 5.91. The summed E-state index contributed by atoms with van der Waals surface area (Å²) in [5, 5.41) is 8.61. The van der Waals surface area contributed by atoms with Crippen LogP contribution in [0.1, 0.15) is 20.3 Å². The summed E-state index contributed by atoms with van der Waals surface area (Å²) in [6, 6.07) is 0. The third-order valence-electron chi connectivity index (χ3n) is 0.756. The molecule has 2 heteroatoms. The Morgan fingerprint density at radius 2 is 2.00 bits per heavy atom. The Kier molecular flexibility index (Phi) is 2.78. The van der Waals surface area contributed by atoms with E-state index in [9.17, 15) is 0 Å². The molecule has 0 heterocycles. The maximum atomic E-state index is 8.39. The van der Waals surface area contributed by atoms with Crippen molar-refractivity contribution in [3.63, 3.8) is 0 Å².